The molecule has 0 aromatic carbocycles. The molecule has 2 aromatic heterocycles. The van der Waals surface area contributed by atoms with Crippen LogP contribution in [0.2, 0.25) is 0 Å². The van der Waals surface area contributed by atoms with Crippen molar-refractivity contribution in [2.45, 2.75) is 18.4 Å². The maximum Gasteiger partial charge on any atom is 0.312 e. The Morgan fingerprint density at radius 2 is 2.25 bits per heavy atom. The van der Waals surface area contributed by atoms with Crippen LogP contribution in [-0.4, -0.2) is 48.9 Å². The van der Waals surface area contributed by atoms with Crippen LogP contribution in [0.5, 0.6) is 0 Å². The number of aromatic nitrogens is 4. The van der Waals surface area contributed by atoms with Crippen LogP contribution in [0.25, 0.3) is 11.2 Å². The Labute approximate surface area is 110 Å². The summed E-state index contributed by atoms with van der Waals surface area (Å²) in [4.78, 5) is 33.2. The molecule has 1 fully saturated rings. The van der Waals surface area contributed by atoms with Gasteiger partial charge in [0.15, 0.2) is 29.5 Å². The highest BCUT2D eigenvalue weighted by Crippen LogP contribution is 2.28. The first-order chi connectivity index (χ1) is 9.52. The second-order valence-electron chi connectivity index (χ2n) is 4.14. The molecule has 0 bridgehead atoms. The fraction of sp³-hybridized carbons (Fsp3) is 0.300. The number of nitrogens with two attached hydrogens (primary N) is 1. The van der Waals surface area contributed by atoms with Gasteiger partial charge in [-0.3, -0.25) is 9.36 Å². The number of Topliss-reactive ketones (excluding diaryl/α,β-unsaturated/α-hetero) is 1. The fourth-order valence-corrected chi connectivity index (χ4v) is 1.99. The number of carbonyl (C=O) groups excluding carboxylic acids is 2. The molecule has 10 heteroatoms. The lowest BCUT2D eigenvalue weighted by atomic mass is 10.2. The van der Waals surface area contributed by atoms with Crippen molar-refractivity contribution in [2.75, 3.05) is 5.73 Å². The third kappa shape index (κ3) is 1.66. The summed E-state index contributed by atoms with van der Waals surface area (Å²) in [6.45, 7) is 0. The van der Waals surface area contributed by atoms with Gasteiger partial charge in [0.2, 0.25) is 5.78 Å². The molecule has 3 atom stereocenters. The van der Waals surface area contributed by atoms with E-state index in [9.17, 15) is 19.1 Å². The van der Waals surface area contributed by atoms with Crippen LogP contribution in [0.3, 0.4) is 0 Å². The average Bonchev–Trinajstić information content (AvgIpc) is 2.93. The smallest absolute Gasteiger partial charge is 0.312 e. The molecule has 0 radical (unpaired) electrons. The second-order valence-corrected chi connectivity index (χ2v) is 4.14. The van der Waals surface area contributed by atoms with E-state index in [0.29, 0.717) is 6.29 Å². The molecule has 3 N–H and O–H groups in total. The van der Waals surface area contributed by atoms with Crippen LogP contribution >= 0.6 is 0 Å². The number of hydrogen-bond acceptors (Lipinski definition) is 8. The first kappa shape index (κ1) is 12.6. The highest BCUT2D eigenvalue weighted by Gasteiger charge is 2.44. The second kappa shape index (κ2) is 4.28. The van der Waals surface area contributed by atoms with Crippen LogP contribution in [0.4, 0.5) is 10.2 Å². The van der Waals surface area contributed by atoms with Crippen LogP contribution < -0.4 is 5.73 Å². The molecule has 1 aliphatic heterocycles. The number of ketones is 1. The van der Waals surface area contributed by atoms with E-state index in [1.807, 2.05) is 0 Å². The van der Waals surface area contributed by atoms with Gasteiger partial charge < -0.3 is 20.4 Å². The monoisotopic (exact) mass is 281 g/mol. The minimum Gasteiger partial charge on any atom is -0.382 e. The fourth-order valence-electron chi connectivity index (χ4n) is 1.99. The van der Waals surface area contributed by atoms with Crippen molar-refractivity contribution < 1.29 is 23.8 Å². The SMILES string of the molecule is Nc1nc(F)nc2c1ncn2[C@@H]1O[C@H](C=O)[C@@H](O)C1=O. The Balaban J connectivity index is 2.12. The Kier molecular flexibility index (Phi) is 2.69. The zero-order valence-corrected chi connectivity index (χ0v) is 9.80. The lowest BCUT2D eigenvalue weighted by Gasteiger charge is -2.10. The molecule has 9 nitrogen and oxygen atoms in total. The molecule has 0 saturated carbocycles. The number of anilines is 1. The Morgan fingerprint density at radius 3 is 2.90 bits per heavy atom. The highest BCUT2D eigenvalue weighted by atomic mass is 19.1. The summed E-state index contributed by atoms with van der Waals surface area (Å²) in [5.74, 6) is -0.942. The molecule has 0 aliphatic carbocycles. The van der Waals surface area contributed by atoms with Gasteiger partial charge in [0.1, 0.15) is 12.2 Å². The number of aldehydes is 1. The van der Waals surface area contributed by atoms with Gasteiger partial charge in [0.05, 0.1) is 6.33 Å². The van der Waals surface area contributed by atoms with Crippen LogP contribution in [0.15, 0.2) is 6.33 Å². The van der Waals surface area contributed by atoms with Gasteiger partial charge in [0.25, 0.3) is 0 Å². The van der Waals surface area contributed by atoms with E-state index in [1.165, 1.54) is 0 Å². The van der Waals surface area contributed by atoms with Gasteiger partial charge in [0, 0.05) is 0 Å². The number of carbonyl (C=O) groups is 2. The normalized spacial score (nSPS) is 26.3. The van der Waals surface area contributed by atoms with Crippen LogP contribution in [-0.2, 0) is 14.3 Å². The molecule has 2 aromatic rings. The molecule has 0 spiro atoms. The molecular weight excluding hydrogens is 273 g/mol. The van der Waals surface area contributed by atoms with Gasteiger partial charge in [-0.15, -0.1) is 0 Å². The Hall–Kier alpha value is -2.46. The third-order valence-electron chi connectivity index (χ3n) is 2.94. The maximum absolute atomic E-state index is 13.2. The number of aliphatic hydroxyl groups is 1. The zero-order chi connectivity index (χ0) is 14.4. The van der Waals surface area contributed by atoms with Crippen molar-refractivity contribution >= 4 is 29.1 Å². The topological polar surface area (TPSA) is 133 Å². The molecule has 1 aliphatic rings. The molecule has 1 saturated heterocycles. The molecule has 104 valence electrons. The molecule has 3 rings (SSSR count). The van der Waals surface area contributed by atoms with Gasteiger partial charge >= 0.3 is 6.08 Å². The summed E-state index contributed by atoms with van der Waals surface area (Å²) in [6, 6.07) is 0. The molecule has 20 heavy (non-hydrogen) atoms. The van der Waals surface area contributed by atoms with Crippen molar-refractivity contribution in [3.63, 3.8) is 0 Å². The predicted molar refractivity (Wildman–Crippen MR) is 60.7 cm³/mol. The number of rotatable bonds is 2. The Morgan fingerprint density at radius 1 is 1.50 bits per heavy atom. The summed E-state index contributed by atoms with van der Waals surface area (Å²) < 4.78 is 19.4. The summed E-state index contributed by atoms with van der Waals surface area (Å²) in [5, 5.41) is 9.54. The van der Waals surface area contributed by atoms with E-state index in [4.69, 9.17) is 10.5 Å². The predicted octanol–water partition coefficient (Wildman–Crippen LogP) is -1.43. The van der Waals surface area contributed by atoms with E-state index in [-0.39, 0.29) is 17.0 Å². The number of ether oxygens (including phenoxy) is 1. The highest BCUT2D eigenvalue weighted by molar-refractivity contribution is 5.93. The summed E-state index contributed by atoms with van der Waals surface area (Å²) >= 11 is 0. The van der Waals surface area contributed by atoms with Crippen LogP contribution in [0.1, 0.15) is 6.23 Å². The number of aliphatic hydroxyl groups excluding tert-OH is 1. The first-order valence-corrected chi connectivity index (χ1v) is 5.51. The summed E-state index contributed by atoms with van der Waals surface area (Å²) in [6.07, 6.45) is -3.81. The minimum absolute atomic E-state index is 0.0629. The summed E-state index contributed by atoms with van der Waals surface area (Å²) in [7, 11) is 0. The quantitative estimate of drug-likeness (QED) is 0.505. The van der Waals surface area contributed by atoms with Gasteiger partial charge in [-0.05, 0) is 0 Å². The molecular formula is C10H8FN5O4. The van der Waals surface area contributed by atoms with E-state index >= 15 is 0 Å². The van der Waals surface area contributed by atoms with Gasteiger partial charge in [-0.2, -0.15) is 14.4 Å². The summed E-state index contributed by atoms with van der Waals surface area (Å²) in [5.41, 5.74) is 5.51. The number of hydrogen-bond donors (Lipinski definition) is 2. The lowest BCUT2D eigenvalue weighted by molar-refractivity contribution is -0.130. The number of fused-ring (bicyclic) bond motifs is 1. The van der Waals surface area contributed by atoms with E-state index < -0.39 is 30.3 Å². The molecule has 3 heterocycles. The van der Waals surface area contributed by atoms with Crippen molar-refractivity contribution in [3.05, 3.63) is 12.4 Å². The minimum atomic E-state index is -1.58. The number of nitrogen functional groups attached to an aromatic ring is 1. The van der Waals surface area contributed by atoms with E-state index in [1.54, 1.807) is 0 Å². The lowest BCUT2D eigenvalue weighted by Crippen LogP contribution is -2.27. The van der Waals surface area contributed by atoms with E-state index in [0.717, 1.165) is 10.9 Å². The van der Waals surface area contributed by atoms with Crippen molar-refractivity contribution in [1.29, 1.82) is 0 Å². The zero-order valence-electron chi connectivity index (χ0n) is 9.80. The van der Waals surface area contributed by atoms with Gasteiger partial charge in [-0.1, -0.05) is 0 Å². The van der Waals surface area contributed by atoms with Crippen molar-refractivity contribution in [1.82, 2.24) is 19.5 Å². The average molecular weight is 281 g/mol. The number of nitrogens with zero attached hydrogens (tertiary/aromatic N) is 4. The first-order valence-electron chi connectivity index (χ1n) is 5.51. The molecule has 0 unspecified atom stereocenters. The van der Waals surface area contributed by atoms with Crippen molar-refractivity contribution in [2.24, 2.45) is 0 Å². The van der Waals surface area contributed by atoms with Gasteiger partial charge in [-0.25, -0.2) is 4.98 Å². The number of imidazole rings is 1. The molecule has 0 amide bonds. The van der Waals surface area contributed by atoms with Crippen LogP contribution in [0, 0.1) is 6.08 Å². The maximum atomic E-state index is 13.2. The van der Waals surface area contributed by atoms with Crippen molar-refractivity contribution in [3.8, 4) is 0 Å². The largest absolute Gasteiger partial charge is 0.382 e. The third-order valence-corrected chi connectivity index (χ3v) is 2.94. The van der Waals surface area contributed by atoms with E-state index in [2.05, 4.69) is 15.0 Å². The number of halogens is 1. The Bertz CT molecular complexity index is 717. The standard InChI is InChI=1S/C10H8FN5O4/c11-10-14-7(12)4-8(15-10)16(2-13-4)9-6(19)5(18)3(1-17)20-9/h1-3,5,9,18H,(H2,12,14,15)/t3-,5-,9-/m1/s1.